The van der Waals surface area contributed by atoms with Gasteiger partial charge in [0.25, 0.3) is 11.1 Å². The van der Waals surface area contributed by atoms with Crippen LogP contribution in [-0.4, -0.2) is 23.4 Å². The van der Waals surface area contributed by atoms with Crippen LogP contribution in [0, 0.1) is 0 Å². The molecule has 162 valence electrons. The zero-order valence-corrected chi connectivity index (χ0v) is 18.5. The lowest BCUT2D eigenvalue weighted by molar-refractivity contribution is -0.113. The fourth-order valence-corrected chi connectivity index (χ4v) is 4.08. The SMILES string of the molecule is COc1cc(C=C2SC(=O)N(c3cccc(O)c3)C2=O)ccc1OCc1ccc(Cl)cc1. The Bertz CT molecular complexity index is 1210. The van der Waals surface area contributed by atoms with Crippen LogP contribution >= 0.6 is 23.4 Å². The Balaban J connectivity index is 1.53. The van der Waals surface area contributed by atoms with Gasteiger partial charge in [0.1, 0.15) is 12.4 Å². The zero-order valence-electron chi connectivity index (χ0n) is 16.9. The molecule has 1 heterocycles. The maximum Gasteiger partial charge on any atom is 0.298 e. The maximum absolute atomic E-state index is 12.8. The number of hydrogen-bond donors (Lipinski definition) is 1. The number of hydrogen-bond acceptors (Lipinski definition) is 6. The second-order valence-electron chi connectivity index (χ2n) is 6.86. The smallest absolute Gasteiger partial charge is 0.298 e. The summed E-state index contributed by atoms with van der Waals surface area (Å²) >= 11 is 6.74. The lowest BCUT2D eigenvalue weighted by Crippen LogP contribution is -2.27. The molecule has 0 radical (unpaired) electrons. The Kier molecular flexibility index (Phi) is 6.39. The highest BCUT2D eigenvalue weighted by Crippen LogP contribution is 2.37. The summed E-state index contributed by atoms with van der Waals surface area (Å²) in [5.74, 6) is 0.574. The number of benzene rings is 3. The van der Waals surface area contributed by atoms with Crippen LogP contribution in [0.1, 0.15) is 11.1 Å². The molecule has 2 amide bonds. The quantitative estimate of drug-likeness (QED) is 0.456. The summed E-state index contributed by atoms with van der Waals surface area (Å²) in [6, 6.07) is 18.6. The van der Waals surface area contributed by atoms with Crippen LogP contribution in [0.3, 0.4) is 0 Å². The van der Waals surface area contributed by atoms with Crippen molar-refractivity contribution in [1.82, 2.24) is 0 Å². The second-order valence-corrected chi connectivity index (χ2v) is 8.29. The summed E-state index contributed by atoms with van der Waals surface area (Å²) in [6.07, 6.45) is 1.62. The topological polar surface area (TPSA) is 76.1 Å². The summed E-state index contributed by atoms with van der Waals surface area (Å²) in [4.78, 5) is 26.5. The number of nitrogens with zero attached hydrogens (tertiary/aromatic N) is 1. The van der Waals surface area contributed by atoms with Crippen molar-refractivity contribution in [2.24, 2.45) is 0 Å². The van der Waals surface area contributed by atoms with Crippen molar-refractivity contribution >= 4 is 46.3 Å². The molecule has 1 N–H and O–H groups in total. The largest absolute Gasteiger partial charge is 0.508 e. The Morgan fingerprint density at radius 3 is 2.53 bits per heavy atom. The van der Waals surface area contributed by atoms with Crippen molar-refractivity contribution in [3.05, 3.63) is 87.8 Å². The van der Waals surface area contributed by atoms with Gasteiger partial charge >= 0.3 is 0 Å². The van der Waals surface area contributed by atoms with Crippen LogP contribution in [0.4, 0.5) is 10.5 Å². The van der Waals surface area contributed by atoms with Gasteiger partial charge < -0.3 is 14.6 Å². The van der Waals surface area contributed by atoms with E-state index in [1.165, 1.54) is 19.2 Å². The normalized spacial score (nSPS) is 14.8. The van der Waals surface area contributed by atoms with Gasteiger partial charge in [-0.25, -0.2) is 4.90 Å². The number of phenols is 1. The van der Waals surface area contributed by atoms with Gasteiger partial charge in [0.15, 0.2) is 11.5 Å². The third kappa shape index (κ3) is 4.74. The number of ether oxygens (including phenoxy) is 2. The Morgan fingerprint density at radius 2 is 1.81 bits per heavy atom. The van der Waals surface area contributed by atoms with E-state index in [0.29, 0.717) is 34.4 Å². The Labute approximate surface area is 194 Å². The lowest BCUT2D eigenvalue weighted by atomic mass is 10.1. The van der Waals surface area contributed by atoms with Gasteiger partial charge in [-0.2, -0.15) is 0 Å². The molecule has 1 fully saturated rings. The molecule has 3 aromatic carbocycles. The van der Waals surface area contributed by atoms with E-state index in [4.69, 9.17) is 21.1 Å². The van der Waals surface area contributed by atoms with Crippen molar-refractivity contribution in [3.8, 4) is 17.2 Å². The molecule has 0 saturated carbocycles. The minimum absolute atomic E-state index is 0.0237. The van der Waals surface area contributed by atoms with Crippen LogP contribution in [0.5, 0.6) is 17.2 Å². The van der Waals surface area contributed by atoms with Crippen molar-refractivity contribution in [2.75, 3.05) is 12.0 Å². The van der Waals surface area contributed by atoms with Crippen molar-refractivity contribution in [1.29, 1.82) is 0 Å². The van der Waals surface area contributed by atoms with E-state index in [9.17, 15) is 14.7 Å². The first kappa shape index (κ1) is 21.8. The minimum atomic E-state index is -0.451. The number of carbonyl (C=O) groups is 2. The van der Waals surface area contributed by atoms with Crippen LogP contribution in [0.25, 0.3) is 6.08 Å². The highest BCUT2D eigenvalue weighted by Gasteiger charge is 2.36. The van der Waals surface area contributed by atoms with Crippen molar-refractivity contribution in [3.63, 3.8) is 0 Å². The molecule has 0 aliphatic carbocycles. The van der Waals surface area contributed by atoms with E-state index in [1.807, 2.05) is 12.1 Å². The highest BCUT2D eigenvalue weighted by atomic mass is 35.5. The van der Waals surface area contributed by atoms with E-state index in [1.54, 1.807) is 48.5 Å². The number of phenolic OH excluding ortho intramolecular Hbond substituents is 1. The standard InChI is InChI=1S/C24H18ClNO5S/c1-30-21-11-16(7-10-20(21)31-14-15-5-8-17(25)9-6-15)12-22-23(28)26(24(29)32-22)18-3-2-4-19(27)13-18/h2-13,27H,14H2,1H3. The lowest BCUT2D eigenvalue weighted by Gasteiger charge is -2.12. The maximum atomic E-state index is 12.8. The van der Waals surface area contributed by atoms with Gasteiger partial charge in [0.2, 0.25) is 0 Å². The molecule has 0 unspecified atom stereocenters. The molecule has 32 heavy (non-hydrogen) atoms. The van der Waals surface area contributed by atoms with E-state index >= 15 is 0 Å². The Hall–Kier alpha value is -3.42. The molecule has 0 atom stereocenters. The van der Waals surface area contributed by atoms with Crippen molar-refractivity contribution < 1.29 is 24.2 Å². The fraction of sp³-hybridized carbons (Fsp3) is 0.0833. The predicted octanol–water partition coefficient (Wildman–Crippen LogP) is 5.87. The number of rotatable bonds is 6. The first-order chi connectivity index (χ1) is 15.4. The number of anilines is 1. The third-order valence-electron chi connectivity index (χ3n) is 4.67. The molecular formula is C24H18ClNO5S. The van der Waals surface area contributed by atoms with Gasteiger partial charge in [0.05, 0.1) is 17.7 Å². The number of aromatic hydroxyl groups is 1. The molecule has 0 aromatic heterocycles. The van der Waals surface area contributed by atoms with Crippen LogP contribution in [0.2, 0.25) is 5.02 Å². The van der Waals surface area contributed by atoms with Crippen LogP contribution in [0.15, 0.2) is 71.6 Å². The fourth-order valence-electron chi connectivity index (χ4n) is 3.11. The van der Waals surface area contributed by atoms with Crippen LogP contribution in [-0.2, 0) is 11.4 Å². The zero-order chi connectivity index (χ0) is 22.7. The van der Waals surface area contributed by atoms with E-state index < -0.39 is 11.1 Å². The molecule has 6 nitrogen and oxygen atoms in total. The number of carbonyl (C=O) groups excluding carboxylic acids is 2. The van der Waals surface area contributed by atoms with Gasteiger partial charge in [-0.05, 0) is 65.4 Å². The van der Waals surface area contributed by atoms with Gasteiger partial charge in [-0.15, -0.1) is 0 Å². The molecule has 0 bridgehead atoms. The number of imide groups is 1. The second kappa shape index (κ2) is 9.38. The first-order valence-electron chi connectivity index (χ1n) is 9.57. The minimum Gasteiger partial charge on any atom is -0.508 e. The Morgan fingerprint density at radius 1 is 1.03 bits per heavy atom. The number of methoxy groups -OCH3 is 1. The molecular weight excluding hydrogens is 450 g/mol. The number of thioether (sulfide) groups is 1. The molecule has 1 aliphatic heterocycles. The molecule has 1 aliphatic rings. The van der Waals surface area contributed by atoms with E-state index in [2.05, 4.69) is 0 Å². The molecule has 4 rings (SSSR count). The van der Waals surface area contributed by atoms with E-state index in [-0.39, 0.29) is 10.7 Å². The summed E-state index contributed by atoms with van der Waals surface area (Å²) in [6.45, 7) is 0.343. The van der Waals surface area contributed by atoms with Gasteiger partial charge in [-0.1, -0.05) is 35.9 Å². The van der Waals surface area contributed by atoms with Gasteiger partial charge in [0, 0.05) is 11.1 Å². The molecule has 1 saturated heterocycles. The number of halogens is 1. The molecule has 0 spiro atoms. The first-order valence-corrected chi connectivity index (χ1v) is 10.8. The predicted molar refractivity (Wildman–Crippen MR) is 125 cm³/mol. The monoisotopic (exact) mass is 467 g/mol. The highest BCUT2D eigenvalue weighted by molar-refractivity contribution is 8.19. The average molecular weight is 468 g/mol. The third-order valence-corrected chi connectivity index (χ3v) is 5.80. The summed E-state index contributed by atoms with van der Waals surface area (Å²) in [7, 11) is 1.53. The average Bonchev–Trinajstić information content (AvgIpc) is 3.06. The molecule has 3 aromatic rings. The summed E-state index contributed by atoms with van der Waals surface area (Å²) in [5, 5.41) is 9.88. The molecule has 8 heteroatoms. The summed E-state index contributed by atoms with van der Waals surface area (Å²) < 4.78 is 11.3. The van der Waals surface area contributed by atoms with E-state index in [0.717, 1.165) is 22.2 Å². The van der Waals surface area contributed by atoms with Gasteiger partial charge in [-0.3, -0.25) is 9.59 Å². The van der Waals surface area contributed by atoms with Crippen LogP contribution < -0.4 is 14.4 Å². The van der Waals surface area contributed by atoms with Crippen molar-refractivity contribution in [2.45, 2.75) is 6.61 Å². The summed E-state index contributed by atoms with van der Waals surface area (Å²) in [5.41, 5.74) is 1.96. The number of amides is 2.